The first-order valence-corrected chi connectivity index (χ1v) is 5.23. The minimum absolute atomic E-state index is 0.318. The SMILES string of the molecule is CC1CNCC1C(O)c1ccccc1. The van der Waals surface area contributed by atoms with Gasteiger partial charge in [-0.05, 0) is 18.0 Å². The second kappa shape index (κ2) is 4.11. The Bertz CT molecular complexity index is 286. The molecule has 2 nitrogen and oxygen atoms in total. The number of hydrogen-bond acceptors (Lipinski definition) is 2. The van der Waals surface area contributed by atoms with E-state index in [1.165, 1.54) is 0 Å². The van der Waals surface area contributed by atoms with Crippen molar-refractivity contribution in [1.82, 2.24) is 5.32 Å². The van der Waals surface area contributed by atoms with E-state index in [1.807, 2.05) is 30.3 Å². The van der Waals surface area contributed by atoms with Crippen LogP contribution < -0.4 is 5.32 Å². The Hall–Kier alpha value is -0.860. The Labute approximate surface area is 85.0 Å². The molecule has 2 rings (SSSR count). The Balaban J connectivity index is 2.12. The zero-order valence-electron chi connectivity index (χ0n) is 8.48. The summed E-state index contributed by atoms with van der Waals surface area (Å²) in [5.74, 6) is 0.919. The van der Waals surface area contributed by atoms with Crippen LogP contribution in [0.15, 0.2) is 30.3 Å². The van der Waals surface area contributed by atoms with Gasteiger partial charge >= 0.3 is 0 Å². The largest absolute Gasteiger partial charge is 0.388 e. The van der Waals surface area contributed by atoms with Crippen molar-refractivity contribution in [3.05, 3.63) is 35.9 Å². The average molecular weight is 191 g/mol. The molecule has 14 heavy (non-hydrogen) atoms. The van der Waals surface area contributed by atoms with Crippen molar-refractivity contribution in [3.63, 3.8) is 0 Å². The van der Waals surface area contributed by atoms with E-state index in [2.05, 4.69) is 12.2 Å². The molecule has 0 radical (unpaired) electrons. The number of aliphatic hydroxyl groups excluding tert-OH is 1. The Kier molecular flexibility index (Phi) is 2.85. The quantitative estimate of drug-likeness (QED) is 0.743. The molecule has 0 spiro atoms. The normalized spacial score (nSPS) is 29.0. The van der Waals surface area contributed by atoms with Gasteiger partial charge in [0.15, 0.2) is 0 Å². The Morgan fingerprint density at radius 3 is 2.57 bits per heavy atom. The molecule has 1 aliphatic heterocycles. The lowest BCUT2D eigenvalue weighted by atomic mass is 9.88. The van der Waals surface area contributed by atoms with E-state index in [9.17, 15) is 5.11 Å². The van der Waals surface area contributed by atoms with Crippen LogP contribution >= 0.6 is 0 Å². The van der Waals surface area contributed by atoms with Crippen LogP contribution in [0.25, 0.3) is 0 Å². The van der Waals surface area contributed by atoms with Crippen molar-refractivity contribution >= 4 is 0 Å². The van der Waals surface area contributed by atoms with Crippen LogP contribution in [-0.2, 0) is 0 Å². The summed E-state index contributed by atoms with van der Waals surface area (Å²) in [6, 6.07) is 9.93. The van der Waals surface area contributed by atoms with E-state index < -0.39 is 0 Å². The Morgan fingerprint density at radius 2 is 2.00 bits per heavy atom. The molecule has 1 saturated heterocycles. The predicted octanol–water partition coefficient (Wildman–Crippen LogP) is 1.58. The standard InChI is InChI=1S/C12H17NO/c1-9-7-13-8-11(9)12(14)10-5-3-2-4-6-10/h2-6,9,11-14H,7-8H2,1H3. The molecule has 0 amide bonds. The van der Waals surface area contributed by atoms with Gasteiger partial charge < -0.3 is 10.4 Å². The lowest BCUT2D eigenvalue weighted by Crippen LogP contribution is -2.19. The van der Waals surface area contributed by atoms with Crippen molar-refractivity contribution in [2.75, 3.05) is 13.1 Å². The van der Waals surface area contributed by atoms with E-state index >= 15 is 0 Å². The molecule has 3 unspecified atom stereocenters. The van der Waals surface area contributed by atoms with E-state index in [0.29, 0.717) is 11.8 Å². The number of rotatable bonds is 2. The van der Waals surface area contributed by atoms with Crippen LogP contribution in [0, 0.1) is 11.8 Å². The van der Waals surface area contributed by atoms with Crippen LogP contribution in [-0.4, -0.2) is 18.2 Å². The lowest BCUT2D eigenvalue weighted by molar-refractivity contribution is 0.0983. The zero-order valence-corrected chi connectivity index (χ0v) is 8.48. The summed E-state index contributed by atoms with van der Waals surface area (Å²) >= 11 is 0. The predicted molar refractivity (Wildman–Crippen MR) is 56.9 cm³/mol. The fourth-order valence-corrected chi connectivity index (χ4v) is 2.15. The minimum Gasteiger partial charge on any atom is -0.388 e. The van der Waals surface area contributed by atoms with Gasteiger partial charge in [0.25, 0.3) is 0 Å². The summed E-state index contributed by atoms with van der Waals surface area (Å²) in [6.07, 6.45) is -0.318. The van der Waals surface area contributed by atoms with Crippen molar-refractivity contribution < 1.29 is 5.11 Å². The van der Waals surface area contributed by atoms with E-state index in [0.717, 1.165) is 18.7 Å². The van der Waals surface area contributed by atoms with Crippen molar-refractivity contribution in [2.24, 2.45) is 11.8 Å². The highest BCUT2D eigenvalue weighted by atomic mass is 16.3. The molecule has 76 valence electrons. The summed E-state index contributed by atoms with van der Waals surface area (Å²) in [7, 11) is 0. The summed E-state index contributed by atoms with van der Waals surface area (Å²) in [5.41, 5.74) is 1.04. The molecular weight excluding hydrogens is 174 g/mol. The summed E-state index contributed by atoms with van der Waals surface area (Å²) in [4.78, 5) is 0. The first kappa shape index (κ1) is 9.69. The summed E-state index contributed by atoms with van der Waals surface area (Å²) in [6.45, 7) is 4.14. The Morgan fingerprint density at radius 1 is 1.29 bits per heavy atom. The molecule has 1 heterocycles. The fourth-order valence-electron chi connectivity index (χ4n) is 2.15. The molecule has 2 N–H and O–H groups in total. The van der Waals surface area contributed by atoms with Crippen LogP contribution in [0.1, 0.15) is 18.6 Å². The van der Waals surface area contributed by atoms with Gasteiger partial charge in [0.05, 0.1) is 6.10 Å². The number of benzene rings is 1. The van der Waals surface area contributed by atoms with Gasteiger partial charge in [0.2, 0.25) is 0 Å². The molecular formula is C12H17NO. The van der Waals surface area contributed by atoms with Gasteiger partial charge in [-0.15, -0.1) is 0 Å². The topological polar surface area (TPSA) is 32.3 Å². The first-order valence-electron chi connectivity index (χ1n) is 5.23. The number of hydrogen-bond donors (Lipinski definition) is 2. The third kappa shape index (κ3) is 1.81. The van der Waals surface area contributed by atoms with Crippen LogP contribution in [0.2, 0.25) is 0 Å². The van der Waals surface area contributed by atoms with Gasteiger partial charge in [0, 0.05) is 12.5 Å². The number of nitrogens with one attached hydrogen (secondary N) is 1. The third-order valence-electron chi connectivity index (χ3n) is 3.12. The van der Waals surface area contributed by atoms with Gasteiger partial charge in [-0.2, -0.15) is 0 Å². The summed E-state index contributed by atoms with van der Waals surface area (Å²) < 4.78 is 0. The highest BCUT2D eigenvalue weighted by Gasteiger charge is 2.30. The molecule has 0 aromatic heterocycles. The molecule has 0 aliphatic carbocycles. The van der Waals surface area contributed by atoms with Crippen LogP contribution in [0.4, 0.5) is 0 Å². The van der Waals surface area contributed by atoms with Crippen LogP contribution in [0.3, 0.4) is 0 Å². The molecule has 2 heteroatoms. The lowest BCUT2D eigenvalue weighted by Gasteiger charge is -2.21. The van der Waals surface area contributed by atoms with E-state index in [-0.39, 0.29) is 6.10 Å². The molecule has 1 aromatic rings. The van der Waals surface area contributed by atoms with Gasteiger partial charge in [-0.1, -0.05) is 37.3 Å². The molecule has 1 aromatic carbocycles. The molecule has 0 bridgehead atoms. The van der Waals surface area contributed by atoms with Crippen molar-refractivity contribution in [3.8, 4) is 0 Å². The smallest absolute Gasteiger partial charge is 0.0833 e. The maximum absolute atomic E-state index is 10.2. The molecule has 1 fully saturated rings. The number of aliphatic hydroxyl groups is 1. The first-order chi connectivity index (χ1) is 6.79. The monoisotopic (exact) mass is 191 g/mol. The fraction of sp³-hybridized carbons (Fsp3) is 0.500. The second-order valence-electron chi connectivity index (χ2n) is 4.15. The van der Waals surface area contributed by atoms with E-state index in [4.69, 9.17) is 0 Å². The highest BCUT2D eigenvalue weighted by Crippen LogP contribution is 2.29. The van der Waals surface area contributed by atoms with Crippen LogP contribution in [0.5, 0.6) is 0 Å². The zero-order chi connectivity index (χ0) is 9.97. The summed E-state index contributed by atoms with van der Waals surface area (Å²) in [5, 5.41) is 13.5. The molecule has 3 atom stereocenters. The minimum atomic E-state index is -0.318. The van der Waals surface area contributed by atoms with Gasteiger partial charge in [-0.3, -0.25) is 0 Å². The maximum Gasteiger partial charge on any atom is 0.0833 e. The third-order valence-corrected chi connectivity index (χ3v) is 3.12. The molecule has 1 aliphatic rings. The molecule has 0 saturated carbocycles. The van der Waals surface area contributed by atoms with Crippen molar-refractivity contribution in [1.29, 1.82) is 0 Å². The average Bonchev–Trinajstić information content (AvgIpc) is 2.65. The van der Waals surface area contributed by atoms with Gasteiger partial charge in [0.1, 0.15) is 0 Å². The second-order valence-corrected chi connectivity index (χ2v) is 4.15. The van der Waals surface area contributed by atoms with Crippen molar-refractivity contribution in [2.45, 2.75) is 13.0 Å². The highest BCUT2D eigenvalue weighted by molar-refractivity contribution is 5.18. The van der Waals surface area contributed by atoms with E-state index in [1.54, 1.807) is 0 Å². The maximum atomic E-state index is 10.2. The van der Waals surface area contributed by atoms with Gasteiger partial charge in [-0.25, -0.2) is 0 Å².